The second-order valence-electron chi connectivity index (χ2n) is 7.32. The summed E-state index contributed by atoms with van der Waals surface area (Å²) in [4.78, 5) is 22.7. The first kappa shape index (κ1) is 19.4. The number of hydrogen-bond donors (Lipinski definition) is 1. The number of aliphatic carboxylic acids is 1. The molecule has 0 radical (unpaired) electrons. The molecule has 3 nitrogen and oxygen atoms in total. The maximum absolute atomic E-state index is 12.2. The first-order valence-corrected chi connectivity index (χ1v) is 9.47. The number of Topliss-reactive ketones (excluding diaryl/α,β-unsaturated/α-hetero) is 1. The Hall–Kier alpha value is -1.90. The lowest BCUT2D eigenvalue weighted by Crippen LogP contribution is -2.13. The number of ketones is 1. The number of carbonyl (C=O) groups is 2. The van der Waals surface area contributed by atoms with Gasteiger partial charge in [-0.15, -0.1) is 0 Å². The Morgan fingerprint density at radius 1 is 1.16 bits per heavy atom. The van der Waals surface area contributed by atoms with Gasteiger partial charge in [-0.05, 0) is 55.7 Å². The molecule has 0 saturated heterocycles. The maximum Gasteiger partial charge on any atom is 0.303 e. The molecule has 25 heavy (non-hydrogen) atoms. The van der Waals surface area contributed by atoms with E-state index in [2.05, 4.69) is 44.2 Å². The van der Waals surface area contributed by atoms with Crippen LogP contribution in [0.25, 0.3) is 6.08 Å². The Labute approximate surface area is 151 Å². The van der Waals surface area contributed by atoms with E-state index in [1.807, 2.05) is 0 Å². The number of unbranched alkanes of at least 4 members (excludes halogenated alkanes) is 3. The van der Waals surface area contributed by atoms with Crippen LogP contribution >= 0.6 is 0 Å². The van der Waals surface area contributed by atoms with Gasteiger partial charge in [0.25, 0.3) is 0 Å². The number of carboxylic acids is 1. The minimum absolute atomic E-state index is 0.155. The molecule has 2 atom stereocenters. The topological polar surface area (TPSA) is 54.4 Å². The van der Waals surface area contributed by atoms with E-state index in [0.29, 0.717) is 18.1 Å². The van der Waals surface area contributed by atoms with Crippen LogP contribution < -0.4 is 0 Å². The predicted molar refractivity (Wildman–Crippen MR) is 102 cm³/mol. The summed E-state index contributed by atoms with van der Waals surface area (Å²) in [5.41, 5.74) is 3.80. The van der Waals surface area contributed by atoms with Crippen molar-refractivity contribution in [2.24, 2.45) is 11.8 Å². The van der Waals surface area contributed by atoms with E-state index >= 15 is 0 Å². The van der Waals surface area contributed by atoms with Crippen molar-refractivity contribution in [1.82, 2.24) is 0 Å². The van der Waals surface area contributed by atoms with E-state index in [9.17, 15) is 9.59 Å². The molecule has 1 aliphatic carbocycles. The third-order valence-electron chi connectivity index (χ3n) is 5.38. The van der Waals surface area contributed by atoms with E-state index in [1.165, 1.54) is 16.7 Å². The average Bonchev–Trinajstić information content (AvgIpc) is 2.92. The zero-order valence-electron chi connectivity index (χ0n) is 15.5. The van der Waals surface area contributed by atoms with Crippen LogP contribution in [0.4, 0.5) is 0 Å². The smallest absolute Gasteiger partial charge is 0.303 e. The summed E-state index contributed by atoms with van der Waals surface area (Å²) >= 11 is 0. The Morgan fingerprint density at radius 2 is 1.92 bits per heavy atom. The second kappa shape index (κ2) is 9.55. The molecule has 1 saturated carbocycles. The minimum Gasteiger partial charge on any atom is -0.481 e. The Morgan fingerprint density at radius 3 is 2.64 bits per heavy atom. The Bertz CT molecular complexity index is 630. The van der Waals surface area contributed by atoms with Gasteiger partial charge in [-0.25, -0.2) is 0 Å². The Balaban J connectivity index is 1.82. The average molecular weight is 342 g/mol. The molecule has 0 bridgehead atoms. The molecule has 1 fully saturated rings. The summed E-state index contributed by atoms with van der Waals surface area (Å²) in [6, 6.07) is 6.47. The van der Waals surface area contributed by atoms with Crippen LogP contribution in [0.15, 0.2) is 24.3 Å². The first-order chi connectivity index (χ1) is 12.0. The van der Waals surface area contributed by atoms with Crippen LogP contribution in [0.1, 0.15) is 68.1 Å². The second-order valence-corrected chi connectivity index (χ2v) is 7.32. The van der Waals surface area contributed by atoms with Gasteiger partial charge in [0.15, 0.2) is 0 Å². The third-order valence-corrected chi connectivity index (χ3v) is 5.38. The fraction of sp³-hybridized carbons (Fsp3) is 0.545. The number of rotatable bonds is 9. The summed E-state index contributed by atoms with van der Waals surface area (Å²) in [5, 5.41) is 8.65. The number of benzene rings is 1. The van der Waals surface area contributed by atoms with Crippen molar-refractivity contribution < 1.29 is 14.7 Å². The van der Waals surface area contributed by atoms with Crippen molar-refractivity contribution in [2.75, 3.05) is 0 Å². The minimum atomic E-state index is -0.720. The van der Waals surface area contributed by atoms with Gasteiger partial charge in [-0.2, -0.15) is 0 Å². The summed E-state index contributed by atoms with van der Waals surface area (Å²) in [7, 11) is 0. The fourth-order valence-electron chi connectivity index (χ4n) is 3.64. The first-order valence-electron chi connectivity index (χ1n) is 9.47. The van der Waals surface area contributed by atoms with E-state index in [4.69, 9.17) is 5.11 Å². The molecular weight excluding hydrogens is 312 g/mol. The molecule has 136 valence electrons. The lowest BCUT2D eigenvalue weighted by atomic mass is 9.89. The van der Waals surface area contributed by atoms with Crippen molar-refractivity contribution in [3.8, 4) is 0 Å². The van der Waals surface area contributed by atoms with Gasteiger partial charge < -0.3 is 5.11 Å². The lowest BCUT2D eigenvalue weighted by molar-refractivity contribution is -0.137. The zero-order valence-corrected chi connectivity index (χ0v) is 15.5. The third kappa shape index (κ3) is 6.15. The maximum atomic E-state index is 12.2. The molecule has 0 spiro atoms. The van der Waals surface area contributed by atoms with Crippen LogP contribution in [0, 0.1) is 25.7 Å². The van der Waals surface area contributed by atoms with Crippen molar-refractivity contribution >= 4 is 17.8 Å². The van der Waals surface area contributed by atoms with E-state index in [1.54, 1.807) is 0 Å². The number of hydrogen-bond acceptors (Lipinski definition) is 2. The van der Waals surface area contributed by atoms with Gasteiger partial charge in [0, 0.05) is 18.8 Å². The summed E-state index contributed by atoms with van der Waals surface area (Å²) in [5.74, 6) is 0.193. The largest absolute Gasteiger partial charge is 0.481 e. The molecule has 1 aromatic rings. The lowest BCUT2D eigenvalue weighted by Gasteiger charge is -2.15. The van der Waals surface area contributed by atoms with E-state index in [0.717, 1.165) is 38.5 Å². The molecule has 0 aliphatic heterocycles. The molecule has 0 amide bonds. The molecule has 1 aliphatic rings. The van der Waals surface area contributed by atoms with Crippen LogP contribution in [-0.2, 0) is 9.59 Å². The molecule has 3 heteroatoms. The van der Waals surface area contributed by atoms with Crippen molar-refractivity contribution in [3.63, 3.8) is 0 Å². The molecule has 2 unspecified atom stereocenters. The van der Waals surface area contributed by atoms with Gasteiger partial charge in [0.1, 0.15) is 5.78 Å². The Kier molecular flexibility index (Phi) is 7.42. The van der Waals surface area contributed by atoms with Crippen molar-refractivity contribution in [1.29, 1.82) is 0 Å². The molecular formula is C22H30O3. The summed E-state index contributed by atoms with van der Waals surface area (Å²) < 4.78 is 0. The molecule has 0 heterocycles. The quantitative estimate of drug-likeness (QED) is 0.617. The summed E-state index contributed by atoms with van der Waals surface area (Å²) in [6.07, 6.45) is 11.0. The van der Waals surface area contributed by atoms with Crippen molar-refractivity contribution in [2.45, 2.75) is 65.2 Å². The molecule has 1 aromatic carbocycles. The van der Waals surface area contributed by atoms with Gasteiger partial charge in [0.05, 0.1) is 0 Å². The van der Waals surface area contributed by atoms with Crippen LogP contribution in [0.2, 0.25) is 0 Å². The van der Waals surface area contributed by atoms with Gasteiger partial charge in [-0.1, -0.05) is 49.6 Å². The van der Waals surface area contributed by atoms with E-state index in [-0.39, 0.29) is 12.3 Å². The highest BCUT2D eigenvalue weighted by Gasteiger charge is 2.32. The molecule has 1 N–H and O–H groups in total. The van der Waals surface area contributed by atoms with Crippen LogP contribution in [0.3, 0.4) is 0 Å². The van der Waals surface area contributed by atoms with Crippen molar-refractivity contribution in [3.05, 3.63) is 41.0 Å². The van der Waals surface area contributed by atoms with Crippen LogP contribution in [-0.4, -0.2) is 16.9 Å². The SMILES string of the molecule is Cc1ccc(/C=C/C2CCC(=O)C2CCCCCCC(=O)O)cc1C. The van der Waals surface area contributed by atoms with E-state index < -0.39 is 5.97 Å². The monoisotopic (exact) mass is 342 g/mol. The molecule has 0 aromatic heterocycles. The highest BCUT2D eigenvalue weighted by Crippen LogP contribution is 2.34. The standard InChI is InChI=1S/C22H30O3/c1-16-9-10-18(15-17(16)2)11-12-19-13-14-21(23)20(19)7-5-3-4-6-8-22(24)25/h9-12,15,19-20H,3-8,13-14H2,1-2H3,(H,24,25)/b12-11+. The van der Waals surface area contributed by atoms with Crippen LogP contribution in [0.5, 0.6) is 0 Å². The zero-order chi connectivity index (χ0) is 18.2. The number of aryl methyl sites for hydroxylation is 2. The normalized spacial score (nSPS) is 20.5. The highest BCUT2D eigenvalue weighted by atomic mass is 16.4. The summed E-state index contributed by atoms with van der Waals surface area (Å²) in [6.45, 7) is 4.24. The molecule has 2 rings (SSSR count). The van der Waals surface area contributed by atoms with Gasteiger partial charge in [-0.3, -0.25) is 9.59 Å². The number of allylic oxidation sites excluding steroid dienone is 1. The van der Waals surface area contributed by atoms with Gasteiger partial charge >= 0.3 is 5.97 Å². The number of carbonyl (C=O) groups excluding carboxylic acids is 1. The number of carboxylic acid groups (broad SMARTS) is 1. The van der Waals surface area contributed by atoms with Gasteiger partial charge in [0.2, 0.25) is 0 Å². The highest BCUT2D eigenvalue weighted by molar-refractivity contribution is 5.84. The fourth-order valence-corrected chi connectivity index (χ4v) is 3.64. The predicted octanol–water partition coefficient (Wildman–Crippen LogP) is 5.34.